The maximum absolute atomic E-state index is 13.1. The summed E-state index contributed by atoms with van der Waals surface area (Å²) in [5.74, 6) is -0.683. The molecule has 128 valence electrons. The summed E-state index contributed by atoms with van der Waals surface area (Å²) in [5, 5.41) is 19.5. The number of rotatable bonds is 4. The van der Waals surface area contributed by atoms with E-state index in [1.165, 1.54) is 21.0 Å². The number of hydrogen-bond acceptors (Lipinski definition) is 7. The monoisotopic (exact) mass is 334 g/mol. The number of hydrogen-bond donors (Lipinski definition) is 1. The van der Waals surface area contributed by atoms with Crippen LogP contribution in [0, 0.1) is 0 Å². The summed E-state index contributed by atoms with van der Waals surface area (Å²) in [5.41, 5.74) is -1.30. The molecule has 0 fully saturated rings. The van der Waals surface area contributed by atoms with Gasteiger partial charge in [-0.05, 0) is 26.0 Å². The number of carbonyl (C=O) groups excluding carboxylic acids is 2. The summed E-state index contributed by atoms with van der Waals surface area (Å²) in [6.07, 6.45) is -1.13. The lowest BCUT2D eigenvalue weighted by molar-refractivity contribution is -0.141. The Morgan fingerprint density at radius 3 is 2.50 bits per heavy atom. The van der Waals surface area contributed by atoms with E-state index in [0.29, 0.717) is 5.69 Å². The second-order valence-corrected chi connectivity index (χ2v) is 4.99. The molecule has 1 atom stereocenters. The van der Waals surface area contributed by atoms with Crippen molar-refractivity contribution in [3.63, 3.8) is 0 Å². The minimum absolute atomic E-state index is 0.0302. The average Bonchev–Trinajstić information content (AvgIpc) is 2.86. The number of anilines is 1. The quantitative estimate of drug-likeness (QED) is 0.512. The molecule has 9 heteroatoms. The highest BCUT2D eigenvalue weighted by molar-refractivity contribution is 6.37. The van der Waals surface area contributed by atoms with Gasteiger partial charge in [0.25, 0.3) is 5.91 Å². The van der Waals surface area contributed by atoms with E-state index in [-0.39, 0.29) is 16.5 Å². The van der Waals surface area contributed by atoms with Crippen molar-refractivity contribution in [2.75, 3.05) is 19.2 Å². The molecule has 9 nitrogen and oxygen atoms in total. The van der Waals surface area contributed by atoms with E-state index in [2.05, 4.69) is 15.0 Å². The zero-order chi connectivity index (χ0) is 17.9. The fourth-order valence-corrected chi connectivity index (χ4v) is 2.56. The number of amides is 2. The standard InChI is InChI=1S/C15H18N4O5/c1-10-15(11(2)17-24-4,19(22)14(21)23-3)13(20)18(16-10)12-8-6-5-7-9-12/h5-9,22H,1-4H3/b17-11+. The van der Waals surface area contributed by atoms with Crippen molar-refractivity contribution in [2.24, 2.45) is 10.3 Å². The van der Waals surface area contributed by atoms with Crippen LogP contribution in [0.3, 0.4) is 0 Å². The van der Waals surface area contributed by atoms with E-state index in [4.69, 9.17) is 4.84 Å². The third-order valence-electron chi connectivity index (χ3n) is 3.69. The molecule has 1 heterocycles. The Labute approximate surface area is 138 Å². The Morgan fingerprint density at radius 1 is 1.33 bits per heavy atom. The molecule has 2 amide bonds. The van der Waals surface area contributed by atoms with Gasteiger partial charge in [-0.2, -0.15) is 15.2 Å². The van der Waals surface area contributed by atoms with E-state index >= 15 is 0 Å². The van der Waals surface area contributed by atoms with Gasteiger partial charge in [0.05, 0.1) is 24.2 Å². The fraction of sp³-hybridized carbons (Fsp3) is 0.333. The van der Waals surface area contributed by atoms with Crippen molar-refractivity contribution in [2.45, 2.75) is 19.4 Å². The number of carbonyl (C=O) groups is 2. The van der Waals surface area contributed by atoms with E-state index < -0.39 is 17.5 Å². The Morgan fingerprint density at radius 2 is 1.96 bits per heavy atom. The van der Waals surface area contributed by atoms with Crippen molar-refractivity contribution >= 4 is 29.1 Å². The summed E-state index contributed by atoms with van der Waals surface area (Å²) in [4.78, 5) is 29.7. The SMILES string of the molecule is CO/N=C(\C)C1(N(O)C(=O)OC)C(=O)N(c2ccccc2)N=C1C. The predicted molar refractivity (Wildman–Crippen MR) is 85.9 cm³/mol. The number of hydroxylamine groups is 2. The Balaban J connectivity index is 2.60. The van der Waals surface area contributed by atoms with E-state index in [9.17, 15) is 14.8 Å². The molecule has 0 bridgehead atoms. The lowest BCUT2D eigenvalue weighted by Gasteiger charge is -2.33. The molecule has 1 N–H and O–H groups in total. The van der Waals surface area contributed by atoms with Gasteiger partial charge in [0.2, 0.25) is 5.54 Å². The smallest absolute Gasteiger partial charge is 0.435 e. The largest absolute Gasteiger partial charge is 0.451 e. The summed E-state index contributed by atoms with van der Waals surface area (Å²) < 4.78 is 4.53. The number of oxime groups is 1. The van der Waals surface area contributed by atoms with Crippen LogP contribution in [0.1, 0.15) is 13.8 Å². The number of para-hydroxylation sites is 1. The van der Waals surface area contributed by atoms with Crippen LogP contribution in [-0.4, -0.2) is 53.5 Å². The van der Waals surface area contributed by atoms with Gasteiger partial charge < -0.3 is 9.57 Å². The first-order valence-corrected chi connectivity index (χ1v) is 7.01. The van der Waals surface area contributed by atoms with Gasteiger partial charge in [-0.15, -0.1) is 0 Å². The van der Waals surface area contributed by atoms with Gasteiger partial charge in [-0.25, -0.2) is 4.79 Å². The van der Waals surface area contributed by atoms with E-state index in [0.717, 1.165) is 12.1 Å². The molecule has 0 aromatic heterocycles. The summed E-state index contributed by atoms with van der Waals surface area (Å²) >= 11 is 0. The second-order valence-electron chi connectivity index (χ2n) is 4.99. The first kappa shape index (κ1) is 17.4. The van der Waals surface area contributed by atoms with Crippen LogP contribution in [0.4, 0.5) is 10.5 Å². The molecule has 0 radical (unpaired) electrons. The van der Waals surface area contributed by atoms with Crippen LogP contribution in [-0.2, 0) is 14.4 Å². The lowest BCUT2D eigenvalue weighted by atomic mass is 9.88. The zero-order valence-electron chi connectivity index (χ0n) is 13.8. The van der Waals surface area contributed by atoms with Crippen LogP contribution < -0.4 is 5.01 Å². The average molecular weight is 334 g/mol. The topological polar surface area (TPSA) is 104 Å². The molecular weight excluding hydrogens is 316 g/mol. The number of ether oxygens (including phenoxy) is 1. The predicted octanol–water partition coefficient (Wildman–Crippen LogP) is 1.63. The van der Waals surface area contributed by atoms with Crippen LogP contribution in [0.25, 0.3) is 0 Å². The van der Waals surface area contributed by atoms with Crippen molar-refractivity contribution in [3.05, 3.63) is 30.3 Å². The van der Waals surface area contributed by atoms with Gasteiger partial charge in [-0.3, -0.25) is 10.0 Å². The van der Waals surface area contributed by atoms with E-state index in [1.807, 2.05) is 0 Å². The van der Waals surface area contributed by atoms with Crippen LogP contribution >= 0.6 is 0 Å². The Hall–Kier alpha value is -2.94. The molecule has 0 spiro atoms. The molecule has 1 aliphatic heterocycles. The molecule has 24 heavy (non-hydrogen) atoms. The van der Waals surface area contributed by atoms with Gasteiger partial charge in [0.15, 0.2) is 0 Å². The van der Waals surface area contributed by atoms with Gasteiger partial charge in [0, 0.05) is 0 Å². The van der Waals surface area contributed by atoms with Crippen molar-refractivity contribution < 1.29 is 24.4 Å². The normalized spacial score (nSPS) is 20.7. The maximum Gasteiger partial charge on any atom is 0.435 e. The minimum Gasteiger partial charge on any atom is -0.451 e. The third-order valence-corrected chi connectivity index (χ3v) is 3.69. The fourth-order valence-electron chi connectivity index (χ4n) is 2.56. The highest BCUT2D eigenvalue weighted by Crippen LogP contribution is 2.32. The summed E-state index contributed by atoms with van der Waals surface area (Å²) in [6.45, 7) is 2.95. The highest BCUT2D eigenvalue weighted by atomic mass is 16.6. The first-order chi connectivity index (χ1) is 11.4. The van der Waals surface area contributed by atoms with Crippen molar-refractivity contribution in [3.8, 4) is 0 Å². The van der Waals surface area contributed by atoms with Crippen molar-refractivity contribution in [1.82, 2.24) is 5.06 Å². The Kier molecular flexibility index (Phi) is 4.84. The van der Waals surface area contributed by atoms with E-state index in [1.54, 1.807) is 30.3 Å². The Bertz CT molecular complexity index is 703. The van der Waals surface area contributed by atoms with Gasteiger partial charge in [0.1, 0.15) is 7.11 Å². The van der Waals surface area contributed by atoms with Gasteiger partial charge in [-0.1, -0.05) is 23.4 Å². The molecule has 0 saturated heterocycles. The van der Waals surface area contributed by atoms with Gasteiger partial charge >= 0.3 is 6.09 Å². The molecule has 2 rings (SSSR count). The zero-order valence-corrected chi connectivity index (χ0v) is 13.8. The molecule has 1 aliphatic rings. The molecule has 0 saturated carbocycles. The first-order valence-electron chi connectivity index (χ1n) is 7.01. The lowest BCUT2D eigenvalue weighted by Crippen LogP contribution is -2.64. The summed E-state index contributed by atoms with van der Waals surface area (Å²) in [7, 11) is 2.38. The number of nitrogens with zero attached hydrogens (tertiary/aromatic N) is 4. The highest BCUT2D eigenvalue weighted by Gasteiger charge is 2.59. The molecular formula is C15H18N4O5. The third kappa shape index (κ3) is 2.48. The molecule has 1 unspecified atom stereocenters. The summed E-state index contributed by atoms with van der Waals surface area (Å²) in [6, 6.07) is 8.61. The van der Waals surface area contributed by atoms with Crippen molar-refractivity contribution in [1.29, 1.82) is 0 Å². The second kappa shape index (κ2) is 6.67. The maximum atomic E-state index is 13.1. The molecule has 0 aliphatic carbocycles. The molecule has 1 aromatic carbocycles. The number of benzene rings is 1. The number of hydrazone groups is 1. The van der Waals surface area contributed by atoms with Crippen LogP contribution in [0.5, 0.6) is 0 Å². The minimum atomic E-state index is -1.95. The van der Waals surface area contributed by atoms with Crippen LogP contribution in [0.15, 0.2) is 40.6 Å². The molecule has 1 aromatic rings. The number of methoxy groups -OCH3 is 1. The van der Waals surface area contributed by atoms with Crippen LogP contribution in [0.2, 0.25) is 0 Å².